The number of benzene rings is 1. The average Bonchev–Trinajstić information content (AvgIpc) is 2.76. The molecule has 2 unspecified atom stereocenters. The fraction of sp³-hybridized carbons (Fsp3) is 0.538. The number of nitro benzene ring substituents is 1. The van der Waals surface area contributed by atoms with E-state index in [4.69, 9.17) is 0 Å². The summed E-state index contributed by atoms with van der Waals surface area (Å²) >= 11 is 0. The zero-order chi connectivity index (χ0) is 13.0. The van der Waals surface area contributed by atoms with E-state index in [1.54, 1.807) is 12.1 Å². The number of aliphatic hydroxyl groups excluding tert-OH is 1. The van der Waals surface area contributed by atoms with Crippen LogP contribution in [-0.4, -0.2) is 28.7 Å². The Bertz CT molecular complexity index is 405. The van der Waals surface area contributed by atoms with Crippen molar-refractivity contribution in [1.82, 2.24) is 5.32 Å². The molecule has 0 bridgehead atoms. The molecule has 98 valence electrons. The summed E-state index contributed by atoms with van der Waals surface area (Å²) < 4.78 is 0. The summed E-state index contributed by atoms with van der Waals surface area (Å²) in [5.41, 5.74) is 1.19. The molecule has 2 N–H and O–H groups in total. The molecule has 0 aromatic heterocycles. The topological polar surface area (TPSA) is 75.4 Å². The SMILES string of the molecule is O=[N+]([O-])c1ccc(CCNC2CCCC2O)cc1. The summed E-state index contributed by atoms with van der Waals surface area (Å²) in [6, 6.07) is 6.83. The van der Waals surface area contributed by atoms with Gasteiger partial charge in [-0.25, -0.2) is 0 Å². The molecule has 1 aliphatic carbocycles. The van der Waals surface area contributed by atoms with Crippen molar-refractivity contribution in [3.63, 3.8) is 0 Å². The lowest BCUT2D eigenvalue weighted by molar-refractivity contribution is -0.384. The van der Waals surface area contributed by atoms with Crippen LogP contribution in [-0.2, 0) is 6.42 Å². The highest BCUT2D eigenvalue weighted by Gasteiger charge is 2.23. The van der Waals surface area contributed by atoms with Crippen LogP contribution in [0.3, 0.4) is 0 Å². The number of nitrogens with zero attached hydrogens (tertiary/aromatic N) is 1. The van der Waals surface area contributed by atoms with Gasteiger partial charge in [0.25, 0.3) is 5.69 Å². The Morgan fingerprint density at radius 1 is 1.33 bits per heavy atom. The molecule has 0 spiro atoms. The van der Waals surface area contributed by atoms with E-state index in [9.17, 15) is 15.2 Å². The van der Waals surface area contributed by atoms with Crippen molar-refractivity contribution < 1.29 is 10.0 Å². The molecule has 5 nitrogen and oxygen atoms in total. The van der Waals surface area contributed by atoms with Gasteiger partial charge in [0.05, 0.1) is 11.0 Å². The van der Waals surface area contributed by atoms with Crippen LogP contribution in [0.2, 0.25) is 0 Å². The molecule has 2 rings (SSSR count). The maximum atomic E-state index is 10.5. The van der Waals surface area contributed by atoms with Gasteiger partial charge in [-0.2, -0.15) is 0 Å². The minimum absolute atomic E-state index is 0.123. The second-order valence-electron chi connectivity index (χ2n) is 4.73. The van der Waals surface area contributed by atoms with Crippen molar-refractivity contribution in [2.24, 2.45) is 0 Å². The van der Waals surface area contributed by atoms with Crippen molar-refractivity contribution in [2.45, 2.75) is 37.8 Å². The molecule has 1 saturated carbocycles. The fourth-order valence-corrected chi connectivity index (χ4v) is 2.36. The van der Waals surface area contributed by atoms with Crippen molar-refractivity contribution in [3.8, 4) is 0 Å². The summed E-state index contributed by atoms with van der Waals surface area (Å²) in [5.74, 6) is 0. The zero-order valence-corrected chi connectivity index (χ0v) is 10.2. The maximum Gasteiger partial charge on any atom is 0.269 e. The van der Waals surface area contributed by atoms with Gasteiger partial charge in [0, 0.05) is 18.2 Å². The van der Waals surface area contributed by atoms with E-state index in [0.29, 0.717) is 0 Å². The lowest BCUT2D eigenvalue weighted by Crippen LogP contribution is -2.36. The van der Waals surface area contributed by atoms with Crippen molar-refractivity contribution in [2.75, 3.05) is 6.54 Å². The molecule has 0 radical (unpaired) electrons. The summed E-state index contributed by atoms with van der Waals surface area (Å²) in [6.45, 7) is 0.791. The molecule has 0 aliphatic heterocycles. The first-order valence-electron chi connectivity index (χ1n) is 6.31. The van der Waals surface area contributed by atoms with Crippen LogP contribution in [0.5, 0.6) is 0 Å². The molecule has 0 heterocycles. The van der Waals surface area contributed by atoms with Crippen LogP contribution in [0.25, 0.3) is 0 Å². The minimum atomic E-state index is -0.392. The van der Waals surface area contributed by atoms with Crippen LogP contribution >= 0.6 is 0 Å². The Balaban J connectivity index is 1.78. The third-order valence-corrected chi connectivity index (χ3v) is 3.45. The molecule has 5 heteroatoms. The lowest BCUT2D eigenvalue weighted by Gasteiger charge is -2.16. The Morgan fingerprint density at radius 3 is 2.61 bits per heavy atom. The zero-order valence-electron chi connectivity index (χ0n) is 10.2. The number of hydrogen-bond donors (Lipinski definition) is 2. The van der Waals surface area contributed by atoms with Crippen LogP contribution in [0.4, 0.5) is 5.69 Å². The summed E-state index contributed by atoms with van der Waals surface area (Å²) in [6.07, 6.45) is 3.59. The molecule has 0 saturated heterocycles. The normalized spacial score (nSPS) is 23.2. The van der Waals surface area contributed by atoms with Gasteiger partial charge in [0.1, 0.15) is 0 Å². The first-order valence-corrected chi connectivity index (χ1v) is 6.31. The van der Waals surface area contributed by atoms with Gasteiger partial charge < -0.3 is 10.4 Å². The Labute approximate surface area is 106 Å². The van der Waals surface area contributed by atoms with Crippen LogP contribution < -0.4 is 5.32 Å². The van der Waals surface area contributed by atoms with Crippen molar-refractivity contribution in [1.29, 1.82) is 0 Å². The maximum absolute atomic E-state index is 10.5. The molecule has 0 amide bonds. The largest absolute Gasteiger partial charge is 0.392 e. The van der Waals surface area contributed by atoms with E-state index in [-0.39, 0.29) is 17.8 Å². The molecule has 1 aromatic rings. The van der Waals surface area contributed by atoms with E-state index >= 15 is 0 Å². The van der Waals surface area contributed by atoms with Crippen molar-refractivity contribution in [3.05, 3.63) is 39.9 Å². The Morgan fingerprint density at radius 2 is 2.06 bits per heavy atom. The minimum Gasteiger partial charge on any atom is -0.392 e. The number of rotatable bonds is 5. The van der Waals surface area contributed by atoms with Gasteiger partial charge in [-0.15, -0.1) is 0 Å². The summed E-state index contributed by atoms with van der Waals surface area (Å²) in [7, 11) is 0. The van der Waals surface area contributed by atoms with Gasteiger partial charge in [-0.05, 0) is 37.8 Å². The smallest absolute Gasteiger partial charge is 0.269 e. The number of aliphatic hydroxyl groups is 1. The molecule has 2 atom stereocenters. The molecular formula is C13H18N2O3. The van der Waals surface area contributed by atoms with E-state index in [2.05, 4.69) is 5.32 Å². The molecule has 1 aliphatic rings. The van der Waals surface area contributed by atoms with E-state index < -0.39 is 4.92 Å². The molecule has 1 aromatic carbocycles. The standard InChI is InChI=1S/C13H18N2O3/c16-13-3-1-2-12(13)14-9-8-10-4-6-11(7-5-10)15(17)18/h4-7,12-14,16H,1-3,8-9H2. The van der Waals surface area contributed by atoms with Gasteiger partial charge in [0.15, 0.2) is 0 Å². The van der Waals surface area contributed by atoms with E-state index in [0.717, 1.165) is 37.8 Å². The highest BCUT2D eigenvalue weighted by atomic mass is 16.6. The van der Waals surface area contributed by atoms with Crippen LogP contribution in [0.15, 0.2) is 24.3 Å². The third-order valence-electron chi connectivity index (χ3n) is 3.45. The Hall–Kier alpha value is -1.46. The average molecular weight is 250 g/mol. The van der Waals surface area contributed by atoms with Crippen LogP contribution in [0, 0.1) is 10.1 Å². The predicted molar refractivity (Wildman–Crippen MR) is 68.4 cm³/mol. The quantitative estimate of drug-likeness (QED) is 0.615. The molecule has 18 heavy (non-hydrogen) atoms. The van der Waals surface area contributed by atoms with Gasteiger partial charge in [0.2, 0.25) is 0 Å². The molecule has 1 fully saturated rings. The third kappa shape index (κ3) is 3.27. The summed E-state index contributed by atoms with van der Waals surface area (Å²) in [5, 5.41) is 23.5. The van der Waals surface area contributed by atoms with Gasteiger partial charge in [-0.1, -0.05) is 12.1 Å². The van der Waals surface area contributed by atoms with E-state index in [1.165, 1.54) is 12.1 Å². The highest BCUT2D eigenvalue weighted by molar-refractivity contribution is 5.32. The Kier molecular flexibility index (Phi) is 4.28. The summed E-state index contributed by atoms with van der Waals surface area (Å²) in [4.78, 5) is 10.1. The van der Waals surface area contributed by atoms with Gasteiger partial charge >= 0.3 is 0 Å². The second-order valence-corrected chi connectivity index (χ2v) is 4.73. The van der Waals surface area contributed by atoms with E-state index in [1.807, 2.05) is 0 Å². The fourth-order valence-electron chi connectivity index (χ4n) is 2.36. The lowest BCUT2D eigenvalue weighted by atomic mass is 10.1. The first-order chi connectivity index (χ1) is 8.66. The second kappa shape index (κ2) is 5.93. The van der Waals surface area contributed by atoms with Gasteiger partial charge in [-0.3, -0.25) is 10.1 Å². The predicted octanol–water partition coefficient (Wildman–Crippen LogP) is 1.64. The number of non-ortho nitro benzene ring substituents is 1. The molecular weight excluding hydrogens is 232 g/mol. The number of hydrogen-bond acceptors (Lipinski definition) is 4. The number of nitrogens with one attached hydrogen (secondary N) is 1. The highest BCUT2D eigenvalue weighted by Crippen LogP contribution is 2.18. The van der Waals surface area contributed by atoms with Crippen LogP contribution in [0.1, 0.15) is 24.8 Å². The number of nitro groups is 1. The first kappa shape index (κ1) is 13.0. The van der Waals surface area contributed by atoms with Crippen molar-refractivity contribution >= 4 is 5.69 Å². The monoisotopic (exact) mass is 250 g/mol.